The molecule has 0 spiro atoms. The molecule has 110 valence electrons. The number of phenolic OH excluding ortho intramolecular Hbond substituents is 1. The van der Waals surface area contributed by atoms with Crippen LogP contribution in [0.2, 0.25) is 0 Å². The average Bonchev–Trinajstić information content (AvgIpc) is 2.36. The molecule has 0 saturated heterocycles. The van der Waals surface area contributed by atoms with Crippen LogP contribution in [0.3, 0.4) is 0 Å². The number of methoxy groups -OCH3 is 2. The molecule has 0 saturated carbocycles. The maximum Gasteiger partial charge on any atom is 0.289 e. The monoisotopic (exact) mass is 299 g/mol. The lowest BCUT2D eigenvalue weighted by Gasteiger charge is -2.24. The molecule has 0 aliphatic rings. The molecule has 0 heterocycles. The Labute approximate surface area is 115 Å². The lowest BCUT2D eigenvalue weighted by Crippen LogP contribution is -2.36. The van der Waals surface area contributed by atoms with Gasteiger partial charge in [-0.25, -0.2) is 8.78 Å². The number of aliphatic hydroxyl groups is 1. The van der Waals surface area contributed by atoms with E-state index in [1.165, 1.54) is 20.3 Å². The van der Waals surface area contributed by atoms with Gasteiger partial charge < -0.3 is 25.4 Å². The van der Waals surface area contributed by atoms with E-state index < -0.39 is 24.3 Å². The summed E-state index contributed by atoms with van der Waals surface area (Å²) in [7, 11) is 2.61. The summed E-state index contributed by atoms with van der Waals surface area (Å²) < 4.78 is 36.4. The van der Waals surface area contributed by atoms with Gasteiger partial charge in [0.2, 0.25) is 0 Å². The molecule has 1 rings (SSSR count). The van der Waals surface area contributed by atoms with Crippen LogP contribution in [0.5, 0.6) is 17.2 Å². The van der Waals surface area contributed by atoms with Crippen LogP contribution >= 0.6 is 12.4 Å². The van der Waals surface area contributed by atoms with Gasteiger partial charge in [0.25, 0.3) is 5.92 Å². The highest BCUT2D eigenvalue weighted by Crippen LogP contribution is 2.41. The van der Waals surface area contributed by atoms with E-state index in [1.54, 1.807) is 0 Å². The Kier molecular flexibility index (Phi) is 6.28. The number of hydrogen-bond donors (Lipinski definition) is 3. The van der Waals surface area contributed by atoms with Crippen molar-refractivity contribution in [2.75, 3.05) is 20.8 Å². The van der Waals surface area contributed by atoms with Gasteiger partial charge in [-0.1, -0.05) is 0 Å². The van der Waals surface area contributed by atoms with E-state index in [4.69, 9.17) is 20.3 Å². The Morgan fingerprint density at radius 2 is 1.89 bits per heavy atom. The van der Waals surface area contributed by atoms with E-state index in [0.29, 0.717) is 0 Å². The molecule has 19 heavy (non-hydrogen) atoms. The van der Waals surface area contributed by atoms with E-state index in [9.17, 15) is 13.9 Å². The van der Waals surface area contributed by atoms with Crippen LogP contribution in [0, 0.1) is 0 Å². The molecule has 0 amide bonds. The first-order chi connectivity index (χ1) is 8.37. The zero-order valence-electron chi connectivity index (χ0n) is 10.4. The summed E-state index contributed by atoms with van der Waals surface area (Å²) in [5, 5.41) is 18.3. The summed E-state index contributed by atoms with van der Waals surface area (Å²) in [6, 6.07) is 0.580. The second-order valence-electron chi connectivity index (χ2n) is 3.66. The van der Waals surface area contributed by atoms with Crippen LogP contribution in [0.1, 0.15) is 11.6 Å². The second-order valence-corrected chi connectivity index (χ2v) is 3.66. The molecule has 0 bridgehead atoms. The number of benzene rings is 1. The number of alkyl halides is 2. The SMILES string of the molecule is COc1cc(O)c([C@@H](N)C(F)(F)CO)c(OC)c1.Cl. The topological polar surface area (TPSA) is 84.9 Å². The lowest BCUT2D eigenvalue weighted by molar-refractivity contribution is -0.0720. The van der Waals surface area contributed by atoms with Crippen LogP contribution in [0.25, 0.3) is 0 Å². The molecule has 1 atom stereocenters. The van der Waals surface area contributed by atoms with Gasteiger partial charge >= 0.3 is 0 Å². The van der Waals surface area contributed by atoms with E-state index in [-0.39, 0.29) is 29.5 Å². The number of hydrogen-bond acceptors (Lipinski definition) is 5. The van der Waals surface area contributed by atoms with Gasteiger partial charge in [-0.15, -0.1) is 12.4 Å². The Balaban J connectivity index is 0.00000324. The van der Waals surface area contributed by atoms with Crippen molar-refractivity contribution >= 4 is 12.4 Å². The Bertz CT molecular complexity index is 431. The van der Waals surface area contributed by atoms with E-state index in [1.807, 2.05) is 0 Å². The van der Waals surface area contributed by atoms with Crippen molar-refractivity contribution in [1.82, 2.24) is 0 Å². The molecule has 0 fully saturated rings. The summed E-state index contributed by atoms with van der Waals surface area (Å²) >= 11 is 0. The lowest BCUT2D eigenvalue weighted by atomic mass is 9.99. The molecule has 0 aliphatic heterocycles. The molecule has 4 N–H and O–H groups in total. The molecular weight excluding hydrogens is 284 g/mol. The molecule has 1 aromatic carbocycles. The van der Waals surface area contributed by atoms with Crippen molar-refractivity contribution < 1.29 is 28.5 Å². The number of aromatic hydroxyl groups is 1. The maximum atomic E-state index is 13.3. The maximum absolute atomic E-state index is 13.3. The van der Waals surface area contributed by atoms with Gasteiger partial charge in [-0.2, -0.15) is 0 Å². The largest absolute Gasteiger partial charge is 0.507 e. The predicted molar refractivity (Wildman–Crippen MR) is 67.4 cm³/mol. The molecule has 5 nitrogen and oxygen atoms in total. The average molecular weight is 300 g/mol. The third-order valence-electron chi connectivity index (χ3n) is 2.53. The number of ether oxygens (including phenoxy) is 2. The fraction of sp³-hybridized carbons (Fsp3) is 0.455. The van der Waals surface area contributed by atoms with Crippen LogP contribution < -0.4 is 15.2 Å². The number of rotatable bonds is 5. The predicted octanol–water partition coefficient (Wildman–Crippen LogP) is 1.46. The minimum absolute atomic E-state index is 0. The summed E-state index contributed by atoms with van der Waals surface area (Å²) in [5.41, 5.74) is 5.08. The van der Waals surface area contributed by atoms with E-state index >= 15 is 0 Å². The van der Waals surface area contributed by atoms with Crippen molar-refractivity contribution in [1.29, 1.82) is 0 Å². The smallest absolute Gasteiger partial charge is 0.289 e. The van der Waals surface area contributed by atoms with Crippen LogP contribution in [-0.4, -0.2) is 37.0 Å². The molecule has 0 radical (unpaired) electrons. The Morgan fingerprint density at radius 1 is 1.32 bits per heavy atom. The van der Waals surface area contributed by atoms with E-state index in [2.05, 4.69) is 0 Å². The molecule has 8 heteroatoms. The van der Waals surface area contributed by atoms with Crippen molar-refractivity contribution in [2.24, 2.45) is 5.73 Å². The molecular formula is C11H16ClF2NO4. The molecule has 0 aromatic heterocycles. The van der Waals surface area contributed by atoms with Crippen molar-refractivity contribution in [3.8, 4) is 17.2 Å². The Hall–Kier alpha value is -1.31. The normalized spacial score (nSPS) is 12.5. The van der Waals surface area contributed by atoms with Crippen molar-refractivity contribution in [3.63, 3.8) is 0 Å². The third kappa shape index (κ3) is 3.59. The molecule has 0 aliphatic carbocycles. The minimum atomic E-state index is -3.57. The zero-order valence-corrected chi connectivity index (χ0v) is 11.2. The quantitative estimate of drug-likeness (QED) is 0.766. The van der Waals surface area contributed by atoms with Gasteiger partial charge in [0.15, 0.2) is 0 Å². The summed E-state index contributed by atoms with van der Waals surface area (Å²) in [5.74, 6) is -3.84. The first-order valence-corrected chi connectivity index (χ1v) is 5.06. The highest BCUT2D eigenvalue weighted by atomic mass is 35.5. The fourth-order valence-corrected chi connectivity index (χ4v) is 1.50. The molecule has 1 aromatic rings. The number of halogens is 3. The van der Waals surface area contributed by atoms with Gasteiger partial charge in [0, 0.05) is 12.1 Å². The number of aliphatic hydroxyl groups excluding tert-OH is 1. The van der Waals surface area contributed by atoms with Gasteiger partial charge in [0.1, 0.15) is 29.9 Å². The number of phenols is 1. The first-order valence-electron chi connectivity index (χ1n) is 5.06. The van der Waals surface area contributed by atoms with Crippen LogP contribution in [0.15, 0.2) is 12.1 Å². The van der Waals surface area contributed by atoms with Gasteiger partial charge in [-0.05, 0) is 0 Å². The van der Waals surface area contributed by atoms with Crippen molar-refractivity contribution in [2.45, 2.75) is 12.0 Å². The Morgan fingerprint density at radius 3 is 2.32 bits per heavy atom. The van der Waals surface area contributed by atoms with E-state index in [0.717, 1.165) is 6.07 Å². The second kappa shape index (κ2) is 6.74. The van der Waals surface area contributed by atoms with Crippen molar-refractivity contribution in [3.05, 3.63) is 17.7 Å². The summed E-state index contributed by atoms with van der Waals surface area (Å²) in [6.07, 6.45) is 0. The van der Waals surface area contributed by atoms with Gasteiger partial charge in [0.05, 0.1) is 19.8 Å². The summed E-state index contributed by atoms with van der Waals surface area (Å²) in [4.78, 5) is 0. The highest BCUT2D eigenvalue weighted by molar-refractivity contribution is 5.85. The fourth-order valence-electron chi connectivity index (χ4n) is 1.50. The first kappa shape index (κ1) is 17.7. The standard InChI is InChI=1S/C11H15F2NO4.ClH/c1-17-6-3-7(16)9(8(4-6)18-2)10(14)11(12,13)5-15;/h3-4,10,15-16H,5,14H2,1-2H3;1H/t10-;/m1./s1. The summed E-state index contributed by atoms with van der Waals surface area (Å²) in [6.45, 7) is -1.43. The van der Waals surface area contributed by atoms with Crippen LogP contribution in [0.4, 0.5) is 8.78 Å². The van der Waals surface area contributed by atoms with Gasteiger partial charge in [-0.3, -0.25) is 0 Å². The highest BCUT2D eigenvalue weighted by Gasteiger charge is 2.40. The molecule has 0 unspecified atom stereocenters. The number of nitrogens with two attached hydrogens (primary N) is 1. The minimum Gasteiger partial charge on any atom is -0.507 e. The third-order valence-corrected chi connectivity index (χ3v) is 2.53. The zero-order chi connectivity index (χ0) is 13.9. The van der Waals surface area contributed by atoms with Crippen LogP contribution in [-0.2, 0) is 0 Å².